The highest BCUT2D eigenvalue weighted by Gasteiger charge is 2.36. The van der Waals surface area contributed by atoms with Crippen molar-refractivity contribution in [1.82, 2.24) is 4.98 Å². The van der Waals surface area contributed by atoms with Crippen molar-refractivity contribution < 1.29 is 23.0 Å². The summed E-state index contributed by atoms with van der Waals surface area (Å²) in [4.78, 5) is 3.15. The second-order valence-electron chi connectivity index (χ2n) is 6.16. The number of phenolic OH excluding ortho intramolecular Hbond substituents is 1. The molecule has 3 aromatic rings. The smallest absolute Gasteiger partial charge is 0.420 e. The lowest BCUT2D eigenvalue weighted by molar-refractivity contribution is -0.138. The molecule has 3 nitrogen and oxygen atoms in total. The third-order valence-electron chi connectivity index (χ3n) is 4.38. The second-order valence-corrected chi connectivity index (χ2v) is 6.57. The van der Waals surface area contributed by atoms with Crippen LogP contribution in [0.25, 0.3) is 10.9 Å². The number of aromatic hydroxyl groups is 1. The van der Waals surface area contributed by atoms with E-state index in [-0.39, 0.29) is 10.8 Å². The Labute approximate surface area is 153 Å². The minimum atomic E-state index is -4.71. The molecule has 0 fully saturated rings. The third-order valence-corrected chi connectivity index (χ3v) is 4.66. The fraction of sp³-hybridized carbons (Fsp3) is 0.263. The van der Waals surface area contributed by atoms with E-state index in [1.807, 2.05) is 6.20 Å². The van der Waals surface area contributed by atoms with Gasteiger partial charge in [0.25, 0.3) is 0 Å². The van der Waals surface area contributed by atoms with Crippen LogP contribution in [0.5, 0.6) is 17.2 Å². The lowest BCUT2D eigenvalue weighted by Crippen LogP contribution is -2.07. The third kappa shape index (κ3) is 3.46. The van der Waals surface area contributed by atoms with Gasteiger partial charge in [-0.05, 0) is 42.2 Å². The number of alkyl halides is 3. The Morgan fingerprint density at radius 2 is 1.96 bits per heavy atom. The largest absolute Gasteiger partial charge is 0.508 e. The number of nitrogens with one attached hydrogen (secondary N) is 1. The van der Waals surface area contributed by atoms with E-state index in [4.69, 9.17) is 16.3 Å². The molecule has 2 aromatic carbocycles. The molecule has 138 valence electrons. The first kappa shape index (κ1) is 18.5. The van der Waals surface area contributed by atoms with E-state index in [1.165, 1.54) is 0 Å². The van der Waals surface area contributed by atoms with E-state index in [0.717, 1.165) is 29.0 Å². The summed E-state index contributed by atoms with van der Waals surface area (Å²) < 4.78 is 45.3. The highest BCUT2D eigenvalue weighted by molar-refractivity contribution is 6.32. The van der Waals surface area contributed by atoms with Gasteiger partial charge < -0.3 is 14.8 Å². The van der Waals surface area contributed by atoms with Gasteiger partial charge in [-0.25, -0.2) is 0 Å². The molecular formula is C19H17ClF3NO2. The Morgan fingerprint density at radius 1 is 1.23 bits per heavy atom. The molecule has 1 atom stereocenters. The zero-order valence-corrected chi connectivity index (χ0v) is 14.9. The zero-order chi connectivity index (χ0) is 19.1. The number of ether oxygens (including phenoxy) is 1. The van der Waals surface area contributed by atoms with Crippen LogP contribution in [0.4, 0.5) is 13.2 Å². The summed E-state index contributed by atoms with van der Waals surface area (Å²) in [5.74, 6) is -0.575. The quantitative estimate of drug-likeness (QED) is 0.517. The second kappa shape index (κ2) is 6.76. The highest BCUT2D eigenvalue weighted by Crippen LogP contribution is 2.44. The number of H-pyrrole nitrogens is 1. The van der Waals surface area contributed by atoms with Gasteiger partial charge in [0.1, 0.15) is 17.1 Å². The number of benzene rings is 2. The molecule has 0 aliphatic carbocycles. The van der Waals surface area contributed by atoms with Crippen LogP contribution < -0.4 is 4.74 Å². The van der Waals surface area contributed by atoms with Crippen LogP contribution >= 0.6 is 11.6 Å². The van der Waals surface area contributed by atoms with Gasteiger partial charge in [0, 0.05) is 23.2 Å². The van der Waals surface area contributed by atoms with Gasteiger partial charge in [-0.15, -0.1) is 0 Å². The highest BCUT2D eigenvalue weighted by atomic mass is 35.5. The van der Waals surface area contributed by atoms with Crippen molar-refractivity contribution in [2.75, 3.05) is 0 Å². The van der Waals surface area contributed by atoms with Gasteiger partial charge in [-0.2, -0.15) is 13.2 Å². The standard InChI is InChI=1S/C19H17ClF3NO2/c1-3-10(2)14-9-24-17-5-4-12(8-13(14)17)26-18-15(19(21,22)23)6-11(25)7-16(18)20/h4-10,24-25H,3H2,1-2H3. The van der Waals surface area contributed by atoms with Crippen LogP contribution in [0.1, 0.15) is 37.3 Å². The number of hydrogen-bond donors (Lipinski definition) is 2. The summed E-state index contributed by atoms with van der Waals surface area (Å²) in [5.41, 5.74) is 0.820. The number of rotatable bonds is 4. The summed E-state index contributed by atoms with van der Waals surface area (Å²) in [6.07, 6.45) is -1.88. The molecule has 0 amide bonds. The average molecular weight is 384 g/mol. The van der Waals surface area contributed by atoms with E-state index in [0.29, 0.717) is 12.0 Å². The predicted molar refractivity (Wildman–Crippen MR) is 95.2 cm³/mol. The van der Waals surface area contributed by atoms with Gasteiger partial charge in [0.15, 0.2) is 5.75 Å². The van der Waals surface area contributed by atoms with Crippen LogP contribution in [0.3, 0.4) is 0 Å². The summed E-state index contributed by atoms with van der Waals surface area (Å²) in [5, 5.41) is 10.0. The average Bonchev–Trinajstić information content (AvgIpc) is 2.98. The molecule has 0 aliphatic rings. The van der Waals surface area contributed by atoms with Gasteiger partial charge in [0.2, 0.25) is 0 Å². The van der Waals surface area contributed by atoms with E-state index in [1.54, 1.807) is 18.2 Å². The number of hydrogen-bond acceptors (Lipinski definition) is 2. The molecule has 3 rings (SSSR count). The van der Waals surface area contributed by atoms with Crippen LogP contribution in [-0.4, -0.2) is 10.1 Å². The number of fused-ring (bicyclic) bond motifs is 1. The van der Waals surface area contributed by atoms with Gasteiger partial charge in [-0.3, -0.25) is 0 Å². The van der Waals surface area contributed by atoms with Crippen LogP contribution in [0.15, 0.2) is 36.5 Å². The first-order valence-corrected chi connectivity index (χ1v) is 8.47. The van der Waals surface area contributed by atoms with E-state index in [2.05, 4.69) is 18.8 Å². The summed E-state index contributed by atoms with van der Waals surface area (Å²) in [7, 11) is 0. The SMILES string of the molecule is CCC(C)c1c[nH]c2ccc(Oc3c(Cl)cc(O)cc3C(F)(F)F)cc12. The Bertz CT molecular complexity index is 950. The molecule has 0 saturated heterocycles. The molecule has 1 unspecified atom stereocenters. The summed E-state index contributed by atoms with van der Waals surface area (Å²) >= 11 is 5.90. The van der Waals surface area contributed by atoms with Crippen LogP contribution in [0.2, 0.25) is 5.02 Å². The maximum atomic E-state index is 13.3. The predicted octanol–water partition coefficient (Wildman–Crippen LogP) is 6.85. The molecule has 1 heterocycles. The first-order valence-electron chi connectivity index (χ1n) is 8.09. The molecule has 26 heavy (non-hydrogen) atoms. The first-order chi connectivity index (χ1) is 12.2. The number of halogens is 4. The monoisotopic (exact) mass is 383 g/mol. The Balaban J connectivity index is 2.07. The lowest BCUT2D eigenvalue weighted by atomic mass is 9.98. The van der Waals surface area contributed by atoms with E-state index >= 15 is 0 Å². The van der Waals surface area contributed by atoms with Crippen molar-refractivity contribution in [1.29, 1.82) is 0 Å². The van der Waals surface area contributed by atoms with Crippen molar-refractivity contribution in [3.05, 3.63) is 52.7 Å². The van der Waals surface area contributed by atoms with Crippen LogP contribution in [0, 0.1) is 0 Å². The minimum Gasteiger partial charge on any atom is -0.508 e. The van der Waals surface area contributed by atoms with Crippen LogP contribution in [-0.2, 0) is 6.18 Å². The van der Waals surface area contributed by atoms with Gasteiger partial charge >= 0.3 is 6.18 Å². The van der Waals surface area contributed by atoms with Crippen molar-refractivity contribution >= 4 is 22.5 Å². The molecule has 0 spiro atoms. The summed E-state index contributed by atoms with van der Waals surface area (Å²) in [6, 6.07) is 6.63. The molecule has 0 bridgehead atoms. The number of aromatic nitrogens is 1. The molecule has 7 heteroatoms. The van der Waals surface area contributed by atoms with Gasteiger partial charge in [-0.1, -0.05) is 25.4 Å². The lowest BCUT2D eigenvalue weighted by Gasteiger charge is -2.16. The van der Waals surface area contributed by atoms with E-state index < -0.39 is 23.2 Å². The molecule has 0 saturated carbocycles. The normalized spacial score (nSPS) is 13.2. The molecule has 2 N–H and O–H groups in total. The summed E-state index contributed by atoms with van der Waals surface area (Å²) in [6.45, 7) is 4.14. The maximum absolute atomic E-state index is 13.3. The topological polar surface area (TPSA) is 45.2 Å². The van der Waals surface area contributed by atoms with E-state index in [9.17, 15) is 18.3 Å². The number of phenols is 1. The van der Waals surface area contributed by atoms with Crippen molar-refractivity contribution in [2.24, 2.45) is 0 Å². The Hall–Kier alpha value is -2.34. The van der Waals surface area contributed by atoms with Gasteiger partial charge in [0.05, 0.1) is 5.02 Å². The van der Waals surface area contributed by atoms with Crippen molar-refractivity contribution in [3.8, 4) is 17.2 Å². The molecular weight excluding hydrogens is 367 g/mol. The molecule has 0 aliphatic heterocycles. The van der Waals surface area contributed by atoms with Crippen molar-refractivity contribution in [3.63, 3.8) is 0 Å². The Morgan fingerprint density at radius 3 is 2.62 bits per heavy atom. The Kier molecular flexibility index (Phi) is 4.80. The maximum Gasteiger partial charge on any atom is 0.420 e. The fourth-order valence-corrected chi connectivity index (χ4v) is 3.08. The zero-order valence-electron chi connectivity index (χ0n) is 14.1. The molecule has 1 aromatic heterocycles. The number of aromatic amines is 1. The molecule has 0 radical (unpaired) electrons. The minimum absolute atomic E-state index is 0.236. The fourth-order valence-electron chi connectivity index (χ4n) is 2.82. The van der Waals surface area contributed by atoms with Crippen molar-refractivity contribution in [2.45, 2.75) is 32.4 Å².